The summed E-state index contributed by atoms with van der Waals surface area (Å²) in [4.78, 5) is 0. The Morgan fingerprint density at radius 2 is 2.17 bits per heavy atom. The summed E-state index contributed by atoms with van der Waals surface area (Å²) in [6.07, 6.45) is 5.76. The first kappa shape index (κ1) is 13.9. The smallest absolute Gasteiger partial charge is 0.0438 e. The third-order valence-corrected chi connectivity index (χ3v) is 4.09. The monoisotopic (exact) mass is 266 g/mol. The molecule has 1 aromatic carbocycles. The van der Waals surface area contributed by atoms with Gasteiger partial charge >= 0.3 is 0 Å². The van der Waals surface area contributed by atoms with Gasteiger partial charge in [-0.15, -0.1) is 0 Å². The summed E-state index contributed by atoms with van der Waals surface area (Å²) in [6.45, 7) is 2.23. The molecule has 3 N–H and O–H groups in total. The van der Waals surface area contributed by atoms with Crippen molar-refractivity contribution >= 4 is 11.6 Å². The number of hydrogen-bond acceptors (Lipinski definition) is 2. The van der Waals surface area contributed by atoms with E-state index in [4.69, 9.17) is 17.3 Å². The Morgan fingerprint density at radius 3 is 2.89 bits per heavy atom. The van der Waals surface area contributed by atoms with Gasteiger partial charge in [0.15, 0.2) is 0 Å². The van der Waals surface area contributed by atoms with Crippen molar-refractivity contribution in [2.45, 2.75) is 57.2 Å². The van der Waals surface area contributed by atoms with Gasteiger partial charge in [-0.2, -0.15) is 0 Å². The van der Waals surface area contributed by atoms with Gasteiger partial charge in [0.1, 0.15) is 0 Å². The number of rotatable bonds is 4. The van der Waals surface area contributed by atoms with Gasteiger partial charge in [0.05, 0.1) is 0 Å². The maximum Gasteiger partial charge on any atom is 0.0438 e. The summed E-state index contributed by atoms with van der Waals surface area (Å²) < 4.78 is 0. The predicted octanol–water partition coefficient (Wildman–Crippen LogP) is 3.13. The summed E-state index contributed by atoms with van der Waals surface area (Å²) in [5.41, 5.74) is 7.24. The van der Waals surface area contributed by atoms with Gasteiger partial charge < -0.3 is 11.1 Å². The lowest BCUT2D eigenvalue weighted by atomic mass is 9.91. The van der Waals surface area contributed by atoms with E-state index in [2.05, 4.69) is 18.3 Å². The highest BCUT2D eigenvalue weighted by atomic mass is 35.5. The maximum atomic E-state index is 6.19. The van der Waals surface area contributed by atoms with E-state index >= 15 is 0 Å². The Balaban J connectivity index is 1.85. The first-order valence-electron chi connectivity index (χ1n) is 6.90. The van der Waals surface area contributed by atoms with Gasteiger partial charge in [-0.1, -0.05) is 36.2 Å². The average Bonchev–Trinajstić information content (AvgIpc) is 2.32. The molecule has 0 saturated heterocycles. The number of halogens is 1. The van der Waals surface area contributed by atoms with Gasteiger partial charge in [-0.25, -0.2) is 0 Å². The highest BCUT2D eigenvalue weighted by Gasteiger charge is 2.20. The topological polar surface area (TPSA) is 38.0 Å². The largest absolute Gasteiger partial charge is 0.328 e. The van der Waals surface area contributed by atoms with Crippen LogP contribution in [0.3, 0.4) is 0 Å². The highest BCUT2D eigenvalue weighted by molar-refractivity contribution is 6.31. The lowest BCUT2D eigenvalue weighted by Gasteiger charge is -2.30. The van der Waals surface area contributed by atoms with Crippen molar-refractivity contribution in [1.82, 2.24) is 5.32 Å². The minimum atomic E-state index is 0.378. The molecule has 100 valence electrons. The second-order valence-corrected chi connectivity index (χ2v) is 5.89. The molecular weight excluding hydrogens is 244 g/mol. The van der Waals surface area contributed by atoms with Gasteiger partial charge in [0.25, 0.3) is 0 Å². The van der Waals surface area contributed by atoms with Crippen LogP contribution in [0.1, 0.15) is 38.2 Å². The molecule has 1 aliphatic rings. The molecule has 1 saturated carbocycles. The standard InChI is InChI=1S/C15H23ClN2/c1-11(9-12-5-2-3-8-15(12)16)18-14-7-4-6-13(17)10-14/h2-3,5,8,11,13-14,18H,4,6-7,9-10,17H2,1H3. The van der Waals surface area contributed by atoms with Crippen LogP contribution < -0.4 is 11.1 Å². The van der Waals surface area contributed by atoms with E-state index in [0.29, 0.717) is 18.1 Å². The molecule has 0 aliphatic heterocycles. The molecule has 18 heavy (non-hydrogen) atoms. The second-order valence-electron chi connectivity index (χ2n) is 5.49. The van der Waals surface area contributed by atoms with Gasteiger partial charge in [-0.05, 0) is 44.2 Å². The third-order valence-electron chi connectivity index (χ3n) is 3.72. The molecule has 0 aromatic heterocycles. The summed E-state index contributed by atoms with van der Waals surface area (Å²) in [7, 11) is 0. The molecular formula is C15H23ClN2. The Hall–Kier alpha value is -0.570. The van der Waals surface area contributed by atoms with Gasteiger partial charge in [-0.3, -0.25) is 0 Å². The van der Waals surface area contributed by atoms with Crippen LogP contribution in [-0.4, -0.2) is 18.1 Å². The number of benzene rings is 1. The Bertz CT molecular complexity index is 381. The molecule has 1 aromatic rings. The molecule has 1 aliphatic carbocycles. The van der Waals surface area contributed by atoms with Gasteiger partial charge in [0.2, 0.25) is 0 Å². The number of nitrogens with one attached hydrogen (secondary N) is 1. The maximum absolute atomic E-state index is 6.19. The van der Waals surface area contributed by atoms with Crippen molar-refractivity contribution in [2.24, 2.45) is 5.73 Å². The van der Waals surface area contributed by atoms with Crippen molar-refractivity contribution in [3.63, 3.8) is 0 Å². The minimum absolute atomic E-state index is 0.378. The average molecular weight is 267 g/mol. The first-order chi connectivity index (χ1) is 8.65. The van der Waals surface area contributed by atoms with E-state index in [1.54, 1.807) is 0 Å². The molecule has 0 radical (unpaired) electrons. The summed E-state index contributed by atoms with van der Waals surface area (Å²) >= 11 is 6.19. The van der Waals surface area contributed by atoms with Crippen LogP contribution in [0.15, 0.2) is 24.3 Å². The molecule has 2 rings (SSSR count). The van der Waals surface area contributed by atoms with Crippen molar-refractivity contribution in [3.8, 4) is 0 Å². The lowest BCUT2D eigenvalue weighted by Crippen LogP contribution is -2.43. The SMILES string of the molecule is CC(Cc1ccccc1Cl)NC1CCCC(N)C1. The van der Waals surface area contributed by atoms with Crippen molar-refractivity contribution in [3.05, 3.63) is 34.9 Å². The Morgan fingerprint density at radius 1 is 1.39 bits per heavy atom. The van der Waals surface area contributed by atoms with E-state index in [0.717, 1.165) is 17.9 Å². The van der Waals surface area contributed by atoms with Crippen molar-refractivity contribution in [2.75, 3.05) is 0 Å². The van der Waals surface area contributed by atoms with Crippen LogP contribution in [-0.2, 0) is 6.42 Å². The fourth-order valence-corrected chi connectivity index (χ4v) is 3.05. The molecule has 0 bridgehead atoms. The molecule has 0 heterocycles. The highest BCUT2D eigenvalue weighted by Crippen LogP contribution is 2.20. The van der Waals surface area contributed by atoms with Crippen molar-refractivity contribution < 1.29 is 0 Å². The molecule has 3 heteroatoms. The van der Waals surface area contributed by atoms with E-state index in [1.165, 1.54) is 24.8 Å². The Labute approximate surface area is 115 Å². The summed E-state index contributed by atoms with van der Waals surface area (Å²) in [6, 6.07) is 9.48. The number of hydrogen-bond donors (Lipinski definition) is 2. The molecule has 1 fully saturated rings. The van der Waals surface area contributed by atoms with E-state index in [-0.39, 0.29) is 0 Å². The fourth-order valence-electron chi connectivity index (χ4n) is 2.83. The Kier molecular flexibility index (Phi) is 5.04. The zero-order valence-electron chi connectivity index (χ0n) is 11.0. The van der Waals surface area contributed by atoms with Crippen LogP contribution in [0.2, 0.25) is 5.02 Å². The molecule has 0 spiro atoms. The predicted molar refractivity (Wildman–Crippen MR) is 78.0 cm³/mol. The zero-order valence-corrected chi connectivity index (χ0v) is 11.8. The molecule has 3 unspecified atom stereocenters. The minimum Gasteiger partial charge on any atom is -0.328 e. The number of nitrogens with two attached hydrogens (primary N) is 1. The molecule has 2 nitrogen and oxygen atoms in total. The van der Waals surface area contributed by atoms with Crippen molar-refractivity contribution in [1.29, 1.82) is 0 Å². The molecule has 0 amide bonds. The zero-order chi connectivity index (χ0) is 13.0. The third kappa shape index (κ3) is 3.98. The van der Waals surface area contributed by atoms with Crippen LogP contribution in [0.5, 0.6) is 0 Å². The second kappa shape index (κ2) is 6.55. The summed E-state index contributed by atoms with van der Waals surface area (Å²) in [5, 5.41) is 4.55. The first-order valence-corrected chi connectivity index (χ1v) is 7.28. The van der Waals surface area contributed by atoms with E-state index in [9.17, 15) is 0 Å². The van der Waals surface area contributed by atoms with Crippen LogP contribution in [0.25, 0.3) is 0 Å². The summed E-state index contributed by atoms with van der Waals surface area (Å²) in [5.74, 6) is 0. The fraction of sp³-hybridized carbons (Fsp3) is 0.600. The van der Waals surface area contributed by atoms with E-state index < -0.39 is 0 Å². The van der Waals surface area contributed by atoms with Crippen LogP contribution in [0, 0.1) is 0 Å². The quantitative estimate of drug-likeness (QED) is 0.879. The van der Waals surface area contributed by atoms with Crippen LogP contribution >= 0.6 is 11.6 Å². The normalized spacial score (nSPS) is 25.9. The van der Waals surface area contributed by atoms with E-state index in [1.807, 2.05) is 18.2 Å². The van der Waals surface area contributed by atoms with Gasteiger partial charge in [0, 0.05) is 23.1 Å². The molecule has 3 atom stereocenters. The van der Waals surface area contributed by atoms with Crippen LogP contribution in [0.4, 0.5) is 0 Å². The lowest BCUT2D eigenvalue weighted by molar-refractivity contribution is 0.316.